The summed E-state index contributed by atoms with van der Waals surface area (Å²) in [5.74, 6) is -4.16. The van der Waals surface area contributed by atoms with Gasteiger partial charge in [-0.25, -0.2) is 8.78 Å². The zero-order valence-corrected chi connectivity index (χ0v) is 13.9. The van der Waals surface area contributed by atoms with Crippen LogP contribution in [0.2, 0.25) is 0 Å². The maximum absolute atomic E-state index is 13.7. The van der Waals surface area contributed by atoms with Crippen molar-refractivity contribution in [3.63, 3.8) is 0 Å². The van der Waals surface area contributed by atoms with Crippen LogP contribution in [-0.2, 0) is 12.7 Å². The Bertz CT molecular complexity index is 701. The Kier molecular flexibility index (Phi) is 4.29. The summed E-state index contributed by atoms with van der Waals surface area (Å²) in [6.07, 6.45) is -4.90. The summed E-state index contributed by atoms with van der Waals surface area (Å²) < 4.78 is 67.4. The number of fused-ring (bicyclic) bond motifs is 1. The van der Waals surface area contributed by atoms with Gasteiger partial charge >= 0.3 is 6.18 Å². The first-order valence-corrected chi connectivity index (χ1v) is 8.15. The van der Waals surface area contributed by atoms with E-state index >= 15 is 0 Å². The highest BCUT2D eigenvalue weighted by Gasteiger charge is 2.43. The number of carbonyl (C=O) groups excluding carboxylic acids is 1. The number of likely N-dealkylation sites (tertiary alicyclic amines) is 1. The molecule has 0 saturated carbocycles. The molecule has 3 nitrogen and oxygen atoms in total. The van der Waals surface area contributed by atoms with E-state index in [9.17, 15) is 26.7 Å². The fourth-order valence-corrected chi connectivity index (χ4v) is 3.52. The van der Waals surface area contributed by atoms with E-state index in [1.165, 1.54) is 13.0 Å². The lowest BCUT2D eigenvalue weighted by Crippen LogP contribution is -2.46. The number of nitrogens with zero attached hydrogens (tertiary/aromatic N) is 1. The summed E-state index contributed by atoms with van der Waals surface area (Å²) in [5, 5.41) is 2.41. The first-order chi connectivity index (χ1) is 11.5. The summed E-state index contributed by atoms with van der Waals surface area (Å²) in [7, 11) is 0. The summed E-state index contributed by atoms with van der Waals surface area (Å²) in [6.45, 7) is 3.17. The van der Waals surface area contributed by atoms with Crippen LogP contribution in [0.15, 0.2) is 12.1 Å². The van der Waals surface area contributed by atoms with E-state index in [0.717, 1.165) is 6.07 Å². The molecule has 1 aromatic carbocycles. The standard InChI is InChI=1S/C17H19F5N2O/c1-9-8-24(4-3-16(9,18)19)10(2)11-5-12-13(7-23-15(12)25)14(6-11)17(20,21)22/h5-6,9-10H,3-4,7-8H2,1-2H3,(H,23,25). The van der Waals surface area contributed by atoms with E-state index < -0.39 is 35.5 Å². The molecular weight excluding hydrogens is 343 g/mol. The normalized spacial score (nSPS) is 24.8. The molecule has 1 N–H and O–H groups in total. The quantitative estimate of drug-likeness (QED) is 0.807. The van der Waals surface area contributed by atoms with Crippen LogP contribution in [0.4, 0.5) is 22.0 Å². The molecule has 138 valence electrons. The average molecular weight is 362 g/mol. The van der Waals surface area contributed by atoms with Crippen molar-refractivity contribution >= 4 is 5.91 Å². The van der Waals surface area contributed by atoms with Crippen molar-refractivity contribution in [1.29, 1.82) is 0 Å². The van der Waals surface area contributed by atoms with Gasteiger partial charge in [0.15, 0.2) is 0 Å². The highest BCUT2D eigenvalue weighted by molar-refractivity contribution is 5.99. The van der Waals surface area contributed by atoms with Gasteiger partial charge in [0.2, 0.25) is 0 Å². The minimum atomic E-state index is -4.58. The molecule has 0 radical (unpaired) electrons. The second kappa shape index (κ2) is 5.93. The summed E-state index contributed by atoms with van der Waals surface area (Å²) in [6, 6.07) is 2.01. The molecule has 2 aliphatic rings. The summed E-state index contributed by atoms with van der Waals surface area (Å²) in [4.78, 5) is 13.6. The maximum atomic E-state index is 13.7. The first-order valence-electron chi connectivity index (χ1n) is 8.15. The summed E-state index contributed by atoms with van der Waals surface area (Å²) in [5.41, 5.74) is -0.541. The number of amides is 1. The smallest absolute Gasteiger partial charge is 0.348 e. The van der Waals surface area contributed by atoms with Gasteiger partial charge in [0.05, 0.1) is 5.56 Å². The van der Waals surface area contributed by atoms with Crippen LogP contribution in [0, 0.1) is 5.92 Å². The van der Waals surface area contributed by atoms with Gasteiger partial charge in [0, 0.05) is 43.6 Å². The number of halogens is 5. The van der Waals surface area contributed by atoms with Crippen molar-refractivity contribution in [3.8, 4) is 0 Å². The van der Waals surface area contributed by atoms with E-state index in [4.69, 9.17) is 0 Å². The molecule has 8 heteroatoms. The second-order valence-electron chi connectivity index (χ2n) is 6.86. The van der Waals surface area contributed by atoms with Gasteiger partial charge in [-0.15, -0.1) is 0 Å². The third-order valence-electron chi connectivity index (χ3n) is 5.24. The number of piperidine rings is 1. The van der Waals surface area contributed by atoms with Crippen LogP contribution in [0.3, 0.4) is 0 Å². The molecule has 2 heterocycles. The lowest BCUT2D eigenvalue weighted by atomic mass is 9.91. The van der Waals surface area contributed by atoms with Gasteiger partial charge in [0.25, 0.3) is 11.8 Å². The lowest BCUT2D eigenvalue weighted by molar-refractivity contribution is -0.138. The van der Waals surface area contributed by atoms with Crippen LogP contribution < -0.4 is 5.32 Å². The highest BCUT2D eigenvalue weighted by atomic mass is 19.4. The SMILES string of the molecule is CC(c1cc2c(c(C(F)(F)F)c1)CNC2=O)N1CCC(F)(F)C(C)C1. The number of alkyl halides is 5. The number of hydrogen-bond donors (Lipinski definition) is 1. The van der Waals surface area contributed by atoms with Crippen LogP contribution in [0.5, 0.6) is 0 Å². The Labute approximate surface area is 142 Å². The van der Waals surface area contributed by atoms with E-state index in [1.807, 2.05) is 0 Å². The molecule has 2 atom stereocenters. The van der Waals surface area contributed by atoms with Gasteiger partial charge in [-0.05, 0) is 30.2 Å². The van der Waals surface area contributed by atoms with Crippen molar-refractivity contribution in [1.82, 2.24) is 10.2 Å². The van der Waals surface area contributed by atoms with Gasteiger partial charge in [0.1, 0.15) is 0 Å². The van der Waals surface area contributed by atoms with Crippen LogP contribution in [-0.4, -0.2) is 29.8 Å². The Morgan fingerprint density at radius 3 is 2.60 bits per heavy atom. The van der Waals surface area contributed by atoms with Crippen molar-refractivity contribution < 1.29 is 26.7 Å². The molecule has 0 spiro atoms. The topological polar surface area (TPSA) is 32.3 Å². The van der Waals surface area contributed by atoms with Crippen molar-refractivity contribution in [3.05, 3.63) is 34.4 Å². The first kappa shape index (κ1) is 18.1. The van der Waals surface area contributed by atoms with E-state index in [-0.39, 0.29) is 37.2 Å². The van der Waals surface area contributed by atoms with Gasteiger partial charge in [-0.2, -0.15) is 13.2 Å². The predicted molar refractivity (Wildman–Crippen MR) is 81.3 cm³/mol. The maximum Gasteiger partial charge on any atom is 0.416 e. The molecule has 1 amide bonds. The highest BCUT2D eigenvalue weighted by Crippen LogP contribution is 2.40. The fraction of sp³-hybridized carbons (Fsp3) is 0.588. The largest absolute Gasteiger partial charge is 0.416 e. The predicted octanol–water partition coefficient (Wildman–Crippen LogP) is 3.99. The average Bonchev–Trinajstić information content (AvgIpc) is 2.89. The van der Waals surface area contributed by atoms with Crippen LogP contribution in [0.1, 0.15) is 53.4 Å². The van der Waals surface area contributed by atoms with Gasteiger partial charge in [-0.1, -0.05) is 6.92 Å². The third kappa shape index (κ3) is 3.23. The van der Waals surface area contributed by atoms with E-state index in [2.05, 4.69) is 5.32 Å². The van der Waals surface area contributed by atoms with Crippen LogP contribution >= 0.6 is 0 Å². The molecule has 0 aromatic heterocycles. The molecule has 3 rings (SSSR count). The van der Waals surface area contributed by atoms with Gasteiger partial charge in [-0.3, -0.25) is 9.69 Å². The monoisotopic (exact) mass is 362 g/mol. The number of benzene rings is 1. The molecule has 0 bridgehead atoms. The zero-order chi connectivity index (χ0) is 18.6. The molecule has 1 aromatic rings. The molecule has 25 heavy (non-hydrogen) atoms. The minimum Gasteiger partial charge on any atom is -0.348 e. The number of carbonyl (C=O) groups is 1. The Morgan fingerprint density at radius 2 is 2.00 bits per heavy atom. The molecular formula is C17H19F5N2O. The molecule has 2 unspecified atom stereocenters. The Balaban J connectivity index is 1.95. The Morgan fingerprint density at radius 1 is 1.32 bits per heavy atom. The van der Waals surface area contributed by atoms with Crippen molar-refractivity contribution in [2.24, 2.45) is 5.92 Å². The minimum absolute atomic E-state index is 0.0204. The number of hydrogen-bond acceptors (Lipinski definition) is 2. The summed E-state index contributed by atoms with van der Waals surface area (Å²) >= 11 is 0. The molecule has 0 aliphatic carbocycles. The lowest BCUT2D eigenvalue weighted by Gasteiger charge is -2.40. The van der Waals surface area contributed by atoms with Crippen molar-refractivity contribution in [2.45, 2.75) is 45.0 Å². The third-order valence-corrected chi connectivity index (χ3v) is 5.24. The van der Waals surface area contributed by atoms with Crippen molar-refractivity contribution in [2.75, 3.05) is 13.1 Å². The fourth-order valence-electron chi connectivity index (χ4n) is 3.52. The molecule has 1 fully saturated rings. The van der Waals surface area contributed by atoms with Crippen LogP contribution in [0.25, 0.3) is 0 Å². The zero-order valence-electron chi connectivity index (χ0n) is 13.9. The van der Waals surface area contributed by atoms with Gasteiger partial charge < -0.3 is 5.32 Å². The van der Waals surface area contributed by atoms with E-state index in [0.29, 0.717) is 5.56 Å². The number of nitrogens with one attached hydrogen (secondary N) is 1. The molecule has 1 saturated heterocycles. The molecule has 2 aliphatic heterocycles. The number of rotatable bonds is 2. The Hall–Kier alpha value is -1.70. The van der Waals surface area contributed by atoms with E-state index in [1.54, 1.807) is 11.8 Å². The second-order valence-corrected chi connectivity index (χ2v) is 6.86.